The second-order valence-electron chi connectivity index (χ2n) is 4.97. The Morgan fingerprint density at radius 2 is 2.00 bits per heavy atom. The molecule has 0 spiro atoms. The molecule has 0 radical (unpaired) electrons. The van der Waals surface area contributed by atoms with Crippen LogP contribution in [0.2, 0.25) is 5.02 Å². The highest BCUT2D eigenvalue weighted by molar-refractivity contribution is 6.32. The Labute approximate surface area is 147 Å². The van der Waals surface area contributed by atoms with Crippen molar-refractivity contribution < 1.29 is 19.2 Å². The fourth-order valence-electron chi connectivity index (χ4n) is 1.95. The summed E-state index contributed by atoms with van der Waals surface area (Å²) >= 11 is 5.72. The Kier molecular flexibility index (Phi) is 5.86. The van der Waals surface area contributed by atoms with E-state index in [4.69, 9.17) is 22.1 Å². The lowest BCUT2D eigenvalue weighted by Gasteiger charge is -2.04. The standard InChI is InChI=1S/C17H13ClN2O5/c18-14-6-4-11(9-15(14)20(23)24)5-7-16(21)25-10-12-2-1-3-13(8-12)17(19)22/h1-9H,10H2,(H2,19,22)/b7-5+. The van der Waals surface area contributed by atoms with E-state index < -0.39 is 16.8 Å². The normalized spacial score (nSPS) is 10.6. The zero-order chi connectivity index (χ0) is 18.4. The first kappa shape index (κ1) is 18.2. The SMILES string of the molecule is NC(=O)c1cccc(COC(=O)/C=C/c2ccc(Cl)c([N+](=O)[O-])c2)c1. The number of amides is 1. The highest BCUT2D eigenvalue weighted by Gasteiger charge is 2.11. The Morgan fingerprint density at radius 1 is 1.24 bits per heavy atom. The minimum absolute atomic E-state index is 0.0130. The lowest BCUT2D eigenvalue weighted by molar-refractivity contribution is -0.384. The Hall–Kier alpha value is -3.19. The first-order valence-electron chi connectivity index (χ1n) is 7.04. The van der Waals surface area contributed by atoms with Gasteiger partial charge in [-0.1, -0.05) is 29.8 Å². The first-order chi connectivity index (χ1) is 11.9. The number of rotatable bonds is 6. The number of carbonyl (C=O) groups excluding carboxylic acids is 2. The van der Waals surface area contributed by atoms with Crippen molar-refractivity contribution in [1.82, 2.24) is 0 Å². The van der Waals surface area contributed by atoms with Crippen LogP contribution in [-0.2, 0) is 16.1 Å². The number of benzene rings is 2. The molecule has 0 fully saturated rings. The highest BCUT2D eigenvalue weighted by atomic mass is 35.5. The predicted molar refractivity (Wildman–Crippen MR) is 91.9 cm³/mol. The molecule has 0 atom stereocenters. The number of hydrogen-bond acceptors (Lipinski definition) is 5. The molecule has 2 rings (SSSR count). The van der Waals surface area contributed by atoms with Crippen molar-refractivity contribution >= 4 is 35.2 Å². The number of esters is 1. The molecule has 0 unspecified atom stereocenters. The smallest absolute Gasteiger partial charge is 0.331 e. The maximum atomic E-state index is 11.7. The zero-order valence-electron chi connectivity index (χ0n) is 12.8. The van der Waals surface area contributed by atoms with Gasteiger partial charge in [0.05, 0.1) is 4.92 Å². The van der Waals surface area contributed by atoms with Crippen molar-refractivity contribution in [1.29, 1.82) is 0 Å². The number of halogens is 1. The van der Waals surface area contributed by atoms with Crippen LogP contribution in [0.25, 0.3) is 6.08 Å². The zero-order valence-corrected chi connectivity index (χ0v) is 13.6. The third kappa shape index (κ3) is 5.15. The molecule has 0 bridgehead atoms. The van der Waals surface area contributed by atoms with Gasteiger partial charge in [-0.2, -0.15) is 0 Å². The van der Waals surface area contributed by atoms with Gasteiger partial charge in [-0.25, -0.2) is 4.79 Å². The molecular formula is C17H13ClN2O5. The van der Waals surface area contributed by atoms with Gasteiger partial charge >= 0.3 is 5.97 Å². The van der Waals surface area contributed by atoms with E-state index in [2.05, 4.69) is 0 Å². The molecule has 128 valence electrons. The van der Waals surface area contributed by atoms with Gasteiger partial charge in [0.15, 0.2) is 0 Å². The van der Waals surface area contributed by atoms with Crippen molar-refractivity contribution in [2.45, 2.75) is 6.61 Å². The number of primary amides is 1. The predicted octanol–water partition coefficient (Wildman–Crippen LogP) is 3.10. The van der Waals surface area contributed by atoms with E-state index in [-0.39, 0.29) is 17.3 Å². The van der Waals surface area contributed by atoms with Gasteiger partial charge in [0, 0.05) is 17.7 Å². The van der Waals surface area contributed by atoms with Crippen molar-refractivity contribution in [3.05, 3.63) is 80.4 Å². The van der Waals surface area contributed by atoms with Crippen molar-refractivity contribution in [2.75, 3.05) is 0 Å². The summed E-state index contributed by atoms with van der Waals surface area (Å²) in [5.41, 5.74) is 6.29. The molecule has 2 aromatic rings. The van der Waals surface area contributed by atoms with Crippen LogP contribution in [0.5, 0.6) is 0 Å². The third-order valence-electron chi connectivity index (χ3n) is 3.17. The van der Waals surface area contributed by atoms with E-state index in [0.717, 1.165) is 6.08 Å². The number of nitro benzene ring substituents is 1. The summed E-state index contributed by atoms with van der Waals surface area (Å²) in [5.74, 6) is -1.21. The van der Waals surface area contributed by atoms with E-state index >= 15 is 0 Å². The minimum Gasteiger partial charge on any atom is -0.458 e. The average molecular weight is 361 g/mol. The van der Waals surface area contributed by atoms with E-state index in [9.17, 15) is 19.7 Å². The number of nitrogens with two attached hydrogens (primary N) is 1. The van der Waals surface area contributed by atoms with Crippen LogP contribution in [0.4, 0.5) is 5.69 Å². The fraction of sp³-hybridized carbons (Fsp3) is 0.0588. The van der Waals surface area contributed by atoms with E-state index in [1.165, 1.54) is 30.3 Å². The Morgan fingerprint density at radius 3 is 2.68 bits per heavy atom. The van der Waals surface area contributed by atoms with Gasteiger partial charge in [-0.15, -0.1) is 0 Å². The van der Waals surface area contributed by atoms with Gasteiger partial charge in [0.2, 0.25) is 5.91 Å². The van der Waals surface area contributed by atoms with Crippen molar-refractivity contribution in [2.24, 2.45) is 5.73 Å². The molecule has 0 aliphatic rings. The summed E-state index contributed by atoms with van der Waals surface area (Å²) in [6.45, 7) is -0.0366. The fourth-order valence-corrected chi connectivity index (χ4v) is 2.14. The van der Waals surface area contributed by atoms with Gasteiger partial charge in [-0.05, 0) is 35.4 Å². The second-order valence-corrected chi connectivity index (χ2v) is 5.38. The van der Waals surface area contributed by atoms with E-state index in [1.807, 2.05) is 0 Å². The molecule has 0 saturated heterocycles. The summed E-state index contributed by atoms with van der Waals surface area (Å²) in [6, 6.07) is 10.6. The molecule has 0 aromatic heterocycles. The summed E-state index contributed by atoms with van der Waals surface area (Å²) in [4.78, 5) is 33.0. The van der Waals surface area contributed by atoms with Crippen LogP contribution in [0.15, 0.2) is 48.5 Å². The van der Waals surface area contributed by atoms with Crippen molar-refractivity contribution in [3.63, 3.8) is 0 Å². The minimum atomic E-state index is -0.637. The first-order valence-corrected chi connectivity index (χ1v) is 7.42. The summed E-state index contributed by atoms with van der Waals surface area (Å²) in [5, 5.41) is 10.8. The quantitative estimate of drug-likeness (QED) is 0.368. The third-order valence-corrected chi connectivity index (χ3v) is 3.49. The highest BCUT2D eigenvalue weighted by Crippen LogP contribution is 2.25. The van der Waals surface area contributed by atoms with Crippen LogP contribution in [0.3, 0.4) is 0 Å². The molecule has 25 heavy (non-hydrogen) atoms. The van der Waals surface area contributed by atoms with Gasteiger partial charge in [-0.3, -0.25) is 14.9 Å². The largest absolute Gasteiger partial charge is 0.458 e. The molecular weight excluding hydrogens is 348 g/mol. The molecule has 0 aliphatic carbocycles. The molecule has 2 aromatic carbocycles. The number of hydrogen-bond donors (Lipinski definition) is 1. The van der Waals surface area contributed by atoms with Gasteiger partial charge in [0.25, 0.3) is 5.69 Å². The molecule has 8 heteroatoms. The average Bonchev–Trinajstić information content (AvgIpc) is 2.59. The molecule has 0 saturated carbocycles. The van der Waals surface area contributed by atoms with E-state index in [1.54, 1.807) is 18.2 Å². The Bertz CT molecular complexity index is 864. The number of ether oxygens (including phenoxy) is 1. The van der Waals surface area contributed by atoms with Crippen LogP contribution < -0.4 is 5.73 Å². The van der Waals surface area contributed by atoms with Crippen LogP contribution >= 0.6 is 11.6 Å². The summed E-state index contributed by atoms with van der Waals surface area (Å²) in [6.07, 6.45) is 2.52. The maximum absolute atomic E-state index is 11.7. The van der Waals surface area contributed by atoms with Gasteiger partial charge < -0.3 is 10.5 Å². The van der Waals surface area contributed by atoms with Crippen LogP contribution in [0, 0.1) is 10.1 Å². The molecule has 1 amide bonds. The molecule has 7 nitrogen and oxygen atoms in total. The molecule has 0 heterocycles. The lowest BCUT2D eigenvalue weighted by Crippen LogP contribution is -2.11. The number of nitro groups is 1. The molecule has 0 aliphatic heterocycles. The second kappa shape index (κ2) is 8.07. The summed E-state index contributed by atoms with van der Waals surface area (Å²) < 4.78 is 5.05. The number of nitrogens with zero attached hydrogens (tertiary/aromatic N) is 1. The van der Waals surface area contributed by atoms with Crippen LogP contribution in [-0.4, -0.2) is 16.8 Å². The van der Waals surface area contributed by atoms with E-state index in [0.29, 0.717) is 16.7 Å². The van der Waals surface area contributed by atoms with Crippen molar-refractivity contribution in [3.8, 4) is 0 Å². The van der Waals surface area contributed by atoms with Crippen LogP contribution in [0.1, 0.15) is 21.5 Å². The summed E-state index contributed by atoms with van der Waals surface area (Å²) in [7, 11) is 0. The lowest BCUT2D eigenvalue weighted by atomic mass is 10.1. The Balaban J connectivity index is 1.99. The topological polar surface area (TPSA) is 113 Å². The number of carbonyl (C=O) groups is 2. The maximum Gasteiger partial charge on any atom is 0.331 e. The van der Waals surface area contributed by atoms with Gasteiger partial charge in [0.1, 0.15) is 11.6 Å². The monoisotopic (exact) mass is 360 g/mol. The molecule has 2 N–H and O–H groups in total.